The molecule has 0 aromatic carbocycles. The van der Waals surface area contributed by atoms with E-state index in [4.69, 9.17) is 5.11 Å². The summed E-state index contributed by atoms with van der Waals surface area (Å²) < 4.78 is 13.4. The number of aromatic nitrogens is 3. The van der Waals surface area contributed by atoms with Gasteiger partial charge < -0.3 is 5.11 Å². The molecule has 1 N–H and O–H groups in total. The van der Waals surface area contributed by atoms with E-state index in [1.165, 1.54) is 4.68 Å². The Morgan fingerprint density at radius 2 is 2.33 bits per heavy atom. The molecule has 0 atom stereocenters. The molecule has 0 saturated heterocycles. The van der Waals surface area contributed by atoms with Crippen molar-refractivity contribution >= 4 is 5.97 Å². The molecule has 0 aliphatic carbocycles. The molecule has 1 aromatic heterocycles. The van der Waals surface area contributed by atoms with Crippen molar-refractivity contribution in [1.29, 1.82) is 0 Å². The zero-order valence-electron chi connectivity index (χ0n) is 8.40. The second kappa shape index (κ2) is 6.10. The highest BCUT2D eigenvalue weighted by atomic mass is 19.1. The summed E-state index contributed by atoms with van der Waals surface area (Å²) in [5.41, 5.74) is 0.786. The molecule has 84 valence electrons. The van der Waals surface area contributed by atoms with Gasteiger partial charge >= 0.3 is 5.97 Å². The molecular formula is C9H14FN3O2. The van der Waals surface area contributed by atoms with Crippen LogP contribution in [-0.4, -0.2) is 32.7 Å². The molecule has 0 aliphatic rings. The van der Waals surface area contributed by atoms with Gasteiger partial charge in [0.2, 0.25) is 0 Å². The summed E-state index contributed by atoms with van der Waals surface area (Å²) in [6.45, 7) is -0.232. The van der Waals surface area contributed by atoms with Crippen molar-refractivity contribution in [2.75, 3.05) is 6.67 Å². The minimum atomic E-state index is -0.781. The van der Waals surface area contributed by atoms with E-state index in [-0.39, 0.29) is 13.0 Å². The van der Waals surface area contributed by atoms with Crippen molar-refractivity contribution in [3.63, 3.8) is 0 Å². The van der Waals surface area contributed by atoms with Crippen LogP contribution in [0.25, 0.3) is 0 Å². The van der Waals surface area contributed by atoms with Crippen LogP contribution in [-0.2, 0) is 17.8 Å². The number of rotatable bonds is 7. The molecule has 0 aliphatic heterocycles. The van der Waals surface area contributed by atoms with Crippen LogP contribution in [0.15, 0.2) is 6.20 Å². The summed E-state index contributed by atoms with van der Waals surface area (Å²) >= 11 is 0. The van der Waals surface area contributed by atoms with Gasteiger partial charge in [-0.15, -0.1) is 5.10 Å². The SMILES string of the molecule is O=C(O)CCCCc1cn(CCF)nn1. The van der Waals surface area contributed by atoms with Crippen LogP contribution in [0.1, 0.15) is 25.0 Å². The third kappa shape index (κ3) is 4.53. The van der Waals surface area contributed by atoms with Crippen LogP contribution in [0.2, 0.25) is 0 Å². The van der Waals surface area contributed by atoms with Crippen molar-refractivity contribution < 1.29 is 14.3 Å². The molecule has 0 saturated carbocycles. The van der Waals surface area contributed by atoms with Gasteiger partial charge in [0.25, 0.3) is 0 Å². The van der Waals surface area contributed by atoms with Crippen molar-refractivity contribution in [3.05, 3.63) is 11.9 Å². The Hall–Kier alpha value is -1.46. The minimum absolute atomic E-state index is 0.179. The van der Waals surface area contributed by atoms with E-state index in [2.05, 4.69) is 10.3 Å². The fourth-order valence-electron chi connectivity index (χ4n) is 1.23. The summed E-state index contributed by atoms with van der Waals surface area (Å²) in [5, 5.41) is 16.0. The highest BCUT2D eigenvalue weighted by molar-refractivity contribution is 5.66. The molecule has 0 amide bonds. The Kier molecular flexibility index (Phi) is 4.73. The number of halogens is 1. The first-order valence-corrected chi connectivity index (χ1v) is 4.89. The largest absolute Gasteiger partial charge is 0.481 e. The fraction of sp³-hybridized carbons (Fsp3) is 0.667. The third-order valence-corrected chi connectivity index (χ3v) is 1.97. The van der Waals surface area contributed by atoms with Crippen LogP contribution in [0.5, 0.6) is 0 Å². The number of hydrogen-bond acceptors (Lipinski definition) is 3. The maximum atomic E-state index is 11.9. The molecule has 0 spiro atoms. The molecule has 6 heteroatoms. The van der Waals surface area contributed by atoms with Crippen molar-refractivity contribution in [2.24, 2.45) is 0 Å². The lowest BCUT2D eigenvalue weighted by Gasteiger charge is -1.94. The number of carbonyl (C=O) groups is 1. The van der Waals surface area contributed by atoms with E-state index >= 15 is 0 Å². The van der Waals surface area contributed by atoms with Gasteiger partial charge in [-0.2, -0.15) is 0 Å². The van der Waals surface area contributed by atoms with Crippen molar-refractivity contribution in [2.45, 2.75) is 32.2 Å². The summed E-state index contributed by atoms with van der Waals surface area (Å²) in [7, 11) is 0. The average Bonchev–Trinajstić information content (AvgIpc) is 2.61. The van der Waals surface area contributed by atoms with Gasteiger partial charge in [0.15, 0.2) is 0 Å². The second-order valence-corrected chi connectivity index (χ2v) is 3.26. The lowest BCUT2D eigenvalue weighted by molar-refractivity contribution is -0.137. The number of carboxylic acid groups (broad SMARTS) is 1. The van der Waals surface area contributed by atoms with Crippen LogP contribution in [0.4, 0.5) is 4.39 Å². The predicted octanol–water partition coefficient (Wildman–Crippen LogP) is 1.04. The third-order valence-electron chi connectivity index (χ3n) is 1.97. The van der Waals surface area contributed by atoms with E-state index in [9.17, 15) is 9.18 Å². The quantitative estimate of drug-likeness (QED) is 0.690. The molecule has 0 radical (unpaired) electrons. The van der Waals surface area contributed by atoms with E-state index < -0.39 is 12.6 Å². The zero-order chi connectivity index (χ0) is 11.1. The van der Waals surface area contributed by atoms with Crippen LogP contribution < -0.4 is 0 Å². The van der Waals surface area contributed by atoms with Gasteiger partial charge in [-0.25, -0.2) is 9.07 Å². The Morgan fingerprint density at radius 3 is 3.00 bits per heavy atom. The summed E-state index contributed by atoms with van der Waals surface area (Å²) in [4.78, 5) is 10.2. The monoisotopic (exact) mass is 215 g/mol. The molecule has 1 aromatic rings. The Bertz CT molecular complexity index is 314. The standard InChI is InChI=1S/C9H14FN3O2/c10-5-6-13-7-8(11-12-13)3-1-2-4-9(14)15/h7H,1-6H2,(H,14,15). The number of hydrogen-bond donors (Lipinski definition) is 1. The van der Waals surface area contributed by atoms with E-state index in [1.807, 2.05) is 0 Å². The molecule has 0 fully saturated rings. The minimum Gasteiger partial charge on any atom is -0.481 e. The molecule has 15 heavy (non-hydrogen) atoms. The Labute approximate surface area is 86.9 Å². The van der Waals surface area contributed by atoms with Crippen LogP contribution in [0.3, 0.4) is 0 Å². The zero-order valence-corrected chi connectivity index (χ0v) is 8.40. The van der Waals surface area contributed by atoms with Crippen LogP contribution in [0, 0.1) is 0 Å². The van der Waals surface area contributed by atoms with E-state index in [0.717, 1.165) is 12.1 Å². The summed E-state index contributed by atoms with van der Waals surface area (Å²) in [6, 6.07) is 0. The molecule has 0 unspecified atom stereocenters. The number of nitrogens with zero attached hydrogens (tertiary/aromatic N) is 3. The summed E-state index contributed by atoms with van der Waals surface area (Å²) in [5.74, 6) is -0.781. The Morgan fingerprint density at radius 1 is 1.53 bits per heavy atom. The summed E-state index contributed by atoms with van der Waals surface area (Å²) in [6.07, 6.45) is 3.96. The van der Waals surface area contributed by atoms with Gasteiger partial charge in [-0.05, 0) is 19.3 Å². The maximum Gasteiger partial charge on any atom is 0.303 e. The van der Waals surface area contributed by atoms with Gasteiger partial charge in [-0.1, -0.05) is 5.21 Å². The highest BCUT2D eigenvalue weighted by Gasteiger charge is 2.01. The molecule has 1 rings (SSSR count). The van der Waals surface area contributed by atoms with E-state index in [1.54, 1.807) is 6.20 Å². The maximum absolute atomic E-state index is 11.9. The number of carboxylic acids is 1. The topological polar surface area (TPSA) is 68.0 Å². The molecule has 0 bridgehead atoms. The predicted molar refractivity (Wildman–Crippen MR) is 51.2 cm³/mol. The van der Waals surface area contributed by atoms with E-state index in [0.29, 0.717) is 12.8 Å². The first-order valence-electron chi connectivity index (χ1n) is 4.89. The number of alkyl halides is 1. The highest BCUT2D eigenvalue weighted by Crippen LogP contribution is 2.03. The first kappa shape index (κ1) is 11.6. The molecule has 5 nitrogen and oxygen atoms in total. The van der Waals surface area contributed by atoms with Gasteiger partial charge in [0, 0.05) is 12.6 Å². The number of aliphatic carboxylic acids is 1. The number of unbranched alkanes of at least 4 members (excludes halogenated alkanes) is 1. The fourth-order valence-corrected chi connectivity index (χ4v) is 1.23. The lowest BCUT2D eigenvalue weighted by atomic mass is 10.1. The molecule has 1 heterocycles. The Balaban J connectivity index is 2.22. The first-order chi connectivity index (χ1) is 7.22. The molecular weight excluding hydrogens is 201 g/mol. The van der Waals surface area contributed by atoms with Gasteiger partial charge in [-0.3, -0.25) is 4.79 Å². The van der Waals surface area contributed by atoms with Gasteiger partial charge in [0.05, 0.1) is 12.2 Å². The second-order valence-electron chi connectivity index (χ2n) is 3.26. The van der Waals surface area contributed by atoms with Crippen molar-refractivity contribution in [1.82, 2.24) is 15.0 Å². The number of aryl methyl sites for hydroxylation is 2. The normalized spacial score (nSPS) is 10.5. The lowest BCUT2D eigenvalue weighted by Crippen LogP contribution is -1.99. The smallest absolute Gasteiger partial charge is 0.303 e. The van der Waals surface area contributed by atoms with Crippen molar-refractivity contribution in [3.8, 4) is 0 Å². The van der Waals surface area contributed by atoms with Gasteiger partial charge in [0.1, 0.15) is 6.67 Å². The van der Waals surface area contributed by atoms with Crippen LogP contribution >= 0.6 is 0 Å². The average molecular weight is 215 g/mol.